The molecule has 0 aliphatic carbocycles. The maximum Gasteiger partial charge on any atom is 0.244 e. The van der Waals surface area contributed by atoms with Crippen molar-refractivity contribution in [1.29, 1.82) is 0 Å². The first-order valence-electron chi connectivity index (χ1n) is 11.2. The minimum atomic E-state index is -0.156. The van der Waals surface area contributed by atoms with E-state index in [0.717, 1.165) is 40.0 Å². The topological polar surface area (TPSA) is 55.6 Å². The SMILES string of the molecule is CCOc1ccc(CC(=O)N/N=C\c2c(C)n(Cc3ccc(C)cc3)c3ccccc23)cc1. The average Bonchev–Trinajstić information content (AvgIpc) is 3.08. The molecule has 0 saturated carbocycles. The Morgan fingerprint density at radius 1 is 0.970 bits per heavy atom. The lowest BCUT2D eigenvalue weighted by Crippen LogP contribution is -2.19. The molecule has 0 aliphatic rings. The fourth-order valence-corrected chi connectivity index (χ4v) is 3.96. The van der Waals surface area contributed by atoms with Crippen LogP contribution in [0.2, 0.25) is 0 Å². The molecule has 0 radical (unpaired) electrons. The van der Waals surface area contributed by atoms with E-state index in [0.29, 0.717) is 6.61 Å². The first-order valence-corrected chi connectivity index (χ1v) is 11.2. The van der Waals surface area contributed by atoms with Crippen molar-refractivity contribution in [3.8, 4) is 5.75 Å². The van der Waals surface area contributed by atoms with Gasteiger partial charge < -0.3 is 9.30 Å². The first kappa shape index (κ1) is 22.3. The van der Waals surface area contributed by atoms with Crippen molar-refractivity contribution in [3.05, 3.63) is 101 Å². The predicted octanol–water partition coefficient (Wildman–Crippen LogP) is 5.40. The van der Waals surface area contributed by atoms with Gasteiger partial charge in [-0.25, -0.2) is 5.43 Å². The Labute approximate surface area is 194 Å². The van der Waals surface area contributed by atoms with Gasteiger partial charge in [-0.15, -0.1) is 0 Å². The summed E-state index contributed by atoms with van der Waals surface area (Å²) in [4.78, 5) is 12.4. The Morgan fingerprint density at radius 3 is 2.39 bits per heavy atom. The third-order valence-corrected chi connectivity index (χ3v) is 5.72. The number of hydrogen-bond donors (Lipinski definition) is 1. The minimum absolute atomic E-state index is 0.156. The van der Waals surface area contributed by atoms with Gasteiger partial charge >= 0.3 is 0 Å². The van der Waals surface area contributed by atoms with Crippen LogP contribution in [-0.4, -0.2) is 23.3 Å². The van der Waals surface area contributed by atoms with E-state index < -0.39 is 0 Å². The van der Waals surface area contributed by atoms with Gasteiger partial charge in [-0.3, -0.25) is 4.79 Å². The molecule has 4 aromatic rings. The summed E-state index contributed by atoms with van der Waals surface area (Å²) in [7, 11) is 0. The van der Waals surface area contributed by atoms with Crippen LogP contribution in [0.25, 0.3) is 10.9 Å². The largest absolute Gasteiger partial charge is 0.494 e. The number of rotatable bonds is 8. The average molecular weight is 440 g/mol. The number of amides is 1. The standard InChI is InChI=1S/C28H29N3O2/c1-4-33-24-15-13-22(14-16-24)17-28(32)30-29-18-26-21(3)31(27-8-6-5-7-25(26)27)19-23-11-9-20(2)10-12-23/h5-16,18H,4,17,19H2,1-3H3,(H,30,32)/b29-18-. The van der Waals surface area contributed by atoms with Gasteiger partial charge in [0.2, 0.25) is 5.91 Å². The Balaban J connectivity index is 1.49. The van der Waals surface area contributed by atoms with Crippen LogP contribution in [0.3, 0.4) is 0 Å². The molecule has 0 fully saturated rings. The van der Waals surface area contributed by atoms with Gasteiger partial charge in [0, 0.05) is 28.7 Å². The van der Waals surface area contributed by atoms with Gasteiger partial charge in [0.1, 0.15) is 5.75 Å². The molecule has 5 heteroatoms. The number of aromatic nitrogens is 1. The van der Waals surface area contributed by atoms with Crippen molar-refractivity contribution in [1.82, 2.24) is 9.99 Å². The van der Waals surface area contributed by atoms with E-state index in [1.54, 1.807) is 6.21 Å². The number of ether oxygens (including phenoxy) is 1. The Morgan fingerprint density at radius 2 is 1.67 bits per heavy atom. The molecule has 1 aromatic heterocycles. The van der Waals surface area contributed by atoms with Crippen LogP contribution in [0, 0.1) is 13.8 Å². The van der Waals surface area contributed by atoms with Crippen molar-refractivity contribution >= 4 is 23.0 Å². The summed E-state index contributed by atoms with van der Waals surface area (Å²) in [5, 5.41) is 5.38. The normalized spacial score (nSPS) is 11.2. The molecule has 168 valence electrons. The number of carbonyl (C=O) groups is 1. The zero-order chi connectivity index (χ0) is 23.2. The molecule has 1 N–H and O–H groups in total. The summed E-state index contributed by atoms with van der Waals surface area (Å²) >= 11 is 0. The van der Waals surface area contributed by atoms with E-state index in [1.165, 1.54) is 11.1 Å². The summed E-state index contributed by atoms with van der Waals surface area (Å²) in [5.74, 6) is 0.647. The van der Waals surface area contributed by atoms with Crippen molar-refractivity contribution in [2.75, 3.05) is 6.61 Å². The molecule has 0 spiro atoms. The summed E-state index contributed by atoms with van der Waals surface area (Å²) < 4.78 is 7.74. The lowest BCUT2D eigenvalue weighted by atomic mass is 10.1. The quantitative estimate of drug-likeness (QED) is 0.295. The number of nitrogens with one attached hydrogen (secondary N) is 1. The highest BCUT2D eigenvalue weighted by Gasteiger charge is 2.13. The van der Waals surface area contributed by atoms with Gasteiger partial charge in [0.15, 0.2) is 0 Å². The number of hydrogen-bond acceptors (Lipinski definition) is 3. The molecular formula is C28H29N3O2. The highest BCUT2D eigenvalue weighted by atomic mass is 16.5. The van der Waals surface area contributed by atoms with Crippen molar-refractivity contribution in [3.63, 3.8) is 0 Å². The van der Waals surface area contributed by atoms with E-state index in [1.807, 2.05) is 43.3 Å². The number of para-hydroxylation sites is 1. The van der Waals surface area contributed by atoms with Crippen molar-refractivity contribution < 1.29 is 9.53 Å². The lowest BCUT2D eigenvalue weighted by Gasteiger charge is -2.09. The molecule has 0 unspecified atom stereocenters. The smallest absolute Gasteiger partial charge is 0.244 e. The summed E-state index contributed by atoms with van der Waals surface area (Å²) in [5.41, 5.74) is 9.35. The van der Waals surface area contributed by atoms with E-state index in [2.05, 4.69) is 65.3 Å². The van der Waals surface area contributed by atoms with E-state index in [-0.39, 0.29) is 12.3 Å². The maximum absolute atomic E-state index is 12.4. The fourth-order valence-electron chi connectivity index (χ4n) is 3.96. The molecule has 0 atom stereocenters. The third kappa shape index (κ3) is 5.32. The second-order valence-corrected chi connectivity index (χ2v) is 8.13. The number of benzene rings is 3. The van der Waals surface area contributed by atoms with Crippen LogP contribution < -0.4 is 10.2 Å². The van der Waals surface area contributed by atoms with Gasteiger partial charge in [0.25, 0.3) is 0 Å². The molecule has 1 amide bonds. The van der Waals surface area contributed by atoms with Gasteiger partial charge in [-0.05, 0) is 50.1 Å². The first-order chi connectivity index (χ1) is 16.0. The number of fused-ring (bicyclic) bond motifs is 1. The zero-order valence-electron chi connectivity index (χ0n) is 19.3. The van der Waals surface area contributed by atoms with Crippen LogP contribution in [0.15, 0.2) is 77.9 Å². The van der Waals surface area contributed by atoms with Crippen LogP contribution in [0.5, 0.6) is 5.75 Å². The van der Waals surface area contributed by atoms with Crippen LogP contribution >= 0.6 is 0 Å². The van der Waals surface area contributed by atoms with Gasteiger partial charge in [-0.2, -0.15) is 5.10 Å². The minimum Gasteiger partial charge on any atom is -0.494 e. The third-order valence-electron chi connectivity index (χ3n) is 5.72. The van der Waals surface area contributed by atoms with Crippen LogP contribution in [-0.2, 0) is 17.8 Å². The molecule has 0 saturated heterocycles. The lowest BCUT2D eigenvalue weighted by molar-refractivity contribution is -0.120. The predicted molar refractivity (Wildman–Crippen MR) is 134 cm³/mol. The Hall–Kier alpha value is -3.86. The molecule has 0 aliphatic heterocycles. The van der Waals surface area contributed by atoms with Crippen LogP contribution in [0.4, 0.5) is 0 Å². The zero-order valence-corrected chi connectivity index (χ0v) is 19.3. The van der Waals surface area contributed by atoms with Gasteiger partial charge in [0.05, 0.1) is 19.2 Å². The van der Waals surface area contributed by atoms with Crippen LogP contribution in [0.1, 0.15) is 34.9 Å². The number of hydrazone groups is 1. The molecule has 4 rings (SSSR count). The summed E-state index contributed by atoms with van der Waals surface area (Å²) in [6.45, 7) is 7.54. The van der Waals surface area contributed by atoms with E-state index in [9.17, 15) is 4.79 Å². The summed E-state index contributed by atoms with van der Waals surface area (Å²) in [6.07, 6.45) is 2.01. The molecule has 3 aromatic carbocycles. The highest BCUT2D eigenvalue weighted by molar-refractivity contribution is 6.01. The molecule has 33 heavy (non-hydrogen) atoms. The van der Waals surface area contributed by atoms with E-state index in [4.69, 9.17) is 4.74 Å². The van der Waals surface area contributed by atoms with Crippen molar-refractivity contribution in [2.24, 2.45) is 5.10 Å². The molecule has 5 nitrogen and oxygen atoms in total. The monoisotopic (exact) mass is 439 g/mol. The molecule has 0 bridgehead atoms. The number of aryl methyl sites for hydroxylation is 1. The fraction of sp³-hybridized carbons (Fsp3) is 0.214. The highest BCUT2D eigenvalue weighted by Crippen LogP contribution is 2.25. The Bertz CT molecular complexity index is 1270. The number of carbonyl (C=O) groups excluding carboxylic acids is 1. The molecular weight excluding hydrogens is 410 g/mol. The second-order valence-electron chi connectivity index (χ2n) is 8.13. The van der Waals surface area contributed by atoms with E-state index >= 15 is 0 Å². The van der Waals surface area contributed by atoms with Crippen molar-refractivity contribution in [2.45, 2.75) is 33.7 Å². The molecule has 1 heterocycles. The Kier molecular flexibility index (Phi) is 6.89. The summed E-state index contributed by atoms with van der Waals surface area (Å²) in [6, 6.07) is 24.5. The van der Waals surface area contributed by atoms with Gasteiger partial charge in [-0.1, -0.05) is 60.2 Å². The second kappa shape index (κ2) is 10.2. The number of nitrogens with zero attached hydrogens (tertiary/aromatic N) is 2. The maximum atomic E-state index is 12.4.